The summed E-state index contributed by atoms with van der Waals surface area (Å²) in [6.45, 7) is 8.75. The summed E-state index contributed by atoms with van der Waals surface area (Å²) in [6.07, 6.45) is 1.70. The molecule has 0 aliphatic carbocycles. The van der Waals surface area contributed by atoms with E-state index in [2.05, 4.69) is 36.0 Å². The standard InChI is InChI=1S/C18H26N4O/c1-4-22(5-2)16(17-7-6-12-23-17)13-20-18(19)21-15-10-8-14(3)9-11-15/h6-12,16H,4-5,13H2,1-3H3,(H3,19,20,21). The Morgan fingerprint density at radius 1 is 1.22 bits per heavy atom. The third-order valence-electron chi connectivity index (χ3n) is 3.88. The number of nitrogens with two attached hydrogens (primary N) is 1. The summed E-state index contributed by atoms with van der Waals surface area (Å²) in [7, 11) is 0. The number of aliphatic imine (C=N–C) groups is 1. The van der Waals surface area contributed by atoms with E-state index in [0.717, 1.165) is 24.5 Å². The first-order chi connectivity index (χ1) is 11.1. The summed E-state index contributed by atoms with van der Waals surface area (Å²) >= 11 is 0. The van der Waals surface area contributed by atoms with E-state index in [4.69, 9.17) is 10.2 Å². The Morgan fingerprint density at radius 3 is 2.48 bits per heavy atom. The first kappa shape index (κ1) is 17.1. The Hall–Kier alpha value is -2.27. The summed E-state index contributed by atoms with van der Waals surface area (Å²) in [5.74, 6) is 1.33. The van der Waals surface area contributed by atoms with Crippen LogP contribution in [0, 0.1) is 6.92 Å². The molecule has 1 aromatic carbocycles. The molecule has 0 saturated carbocycles. The molecule has 1 heterocycles. The Bertz CT molecular complexity index is 600. The van der Waals surface area contributed by atoms with E-state index in [1.807, 2.05) is 36.4 Å². The van der Waals surface area contributed by atoms with Crippen LogP contribution in [0.3, 0.4) is 0 Å². The predicted octanol–water partition coefficient (Wildman–Crippen LogP) is 3.40. The quantitative estimate of drug-likeness (QED) is 0.607. The number of nitrogens with one attached hydrogen (secondary N) is 1. The van der Waals surface area contributed by atoms with Gasteiger partial charge >= 0.3 is 0 Å². The molecule has 0 aliphatic heterocycles. The van der Waals surface area contributed by atoms with E-state index in [1.54, 1.807) is 6.26 Å². The van der Waals surface area contributed by atoms with Crippen LogP contribution >= 0.6 is 0 Å². The summed E-state index contributed by atoms with van der Waals surface area (Å²) in [5.41, 5.74) is 8.17. The van der Waals surface area contributed by atoms with Crippen molar-refractivity contribution >= 4 is 11.6 Å². The first-order valence-corrected chi connectivity index (χ1v) is 8.05. The molecular weight excluding hydrogens is 288 g/mol. The van der Waals surface area contributed by atoms with E-state index >= 15 is 0 Å². The zero-order valence-corrected chi connectivity index (χ0v) is 14.1. The highest BCUT2D eigenvalue weighted by molar-refractivity contribution is 5.92. The van der Waals surface area contributed by atoms with Crippen LogP contribution < -0.4 is 11.1 Å². The van der Waals surface area contributed by atoms with Gasteiger partial charge < -0.3 is 15.5 Å². The van der Waals surface area contributed by atoms with Crippen molar-refractivity contribution in [2.24, 2.45) is 10.7 Å². The monoisotopic (exact) mass is 314 g/mol. The molecule has 0 spiro atoms. The van der Waals surface area contributed by atoms with Gasteiger partial charge in [0.05, 0.1) is 18.8 Å². The lowest BCUT2D eigenvalue weighted by Gasteiger charge is -2.26. The number of anilines is 1. The lowest BCUT2D eigenvalue weighted by Crippen LogP contribution is -2.31. The molecule has 2 rings (SSSR count). The Balaban J connectivity index is 2.05. The average Bonchev–Trinajstić information content (AvgIpc) is 3.08. The van der Waals surface area contributed by atoms with Gasteiger partial charge in [-0.1, -0.05) is 31.5 Å². The lowest BCUT2D eigenvalue weighted by molar-refractivity contribution is 0.198. The van der Waals surface area contributed by atoms with Gasteiger partial charge in [-0.05, 0) is 44.3 Å². The predicted molar refractivity (Wildman–Crippen MR) is 95.7 cm³/mol. The maximum absolute atomic E-state index is 6.02. The molecule has 0 amide bonds. The maximum atomic E-state index is 6.02. The lowest BCUT2D eigenvalue weighted by atomic mass is 10.2. The highest BCUT2D eigenvalue weighted by atomic mass is 16.3. The Morgan fingerprint density at radius 2 is 1.91 bits per heavy atom. The molecule has 0 radical (unpaired) electrons. The molecule has 1 atom stereocenters. The van der Waals surface area contributed by atoms with Gasteiger partial charge in [0, 0.05) is 5.69 Å². The molecule has 0 aliphatic rings. The molecule has 0 fully saturated rings. The van der Waals surface area contributed by atoms with Gasteiger partial charge in [-0.3, -0.25) is 9.89 Å². The minimum Gasteiger partial charge on any atom is -0.468 e. The van der Waals surface area contributed by atoms with Crippen LogP contribution in [0.4, 0.5) is 5.69 Å². The number of likely N-dealkylation sites (N-methyl/N-ethyl adjacent to an activating group) is 1. The third-order valence-corrected chi connectivity index (χ3v) is 3.88. The molecule has 1 unspecified atom stereocenters. The van der Waals surface area contributed by atoms with Crippen molar-refractivity contribution in [2.75, 3.05) is 25.0 Å². The van der Waals surface area contributed by atoms with Crippen LogP contribution in [0.2, 0.25) is 0 Å². The molecule has 124 valence electrons. The SMILES string of the molecule is CCN(CC)C(CN=C(N)Nc1ccc(C)cc1)c1ccco1. The van der Waals surface area contributed by atoms with Gasteiger partial charge in [0.2, 0.25) is 0 Å². The van der Waals surface area contributed by atoms with E-state index in [9.17, 15) is 0 Å². The Labute approximate surface area is 138 Å². The zero-order chi connectivity index (χ0) is 16.7. The van der Waals surface area contributed by atoms with Crippen molar-refractivity contribution in [1.82, 2.24) is 4.90 Å². The number of aryl methyl sites for hydroxylation is 1. The molecule has 5 heteroatoms. The van der Waals surface area contributed by atoms with Crippen LogP contribution in [-0.2, 0) is 0 Å². The fourth-order valence-electron chi connectivity index (χ4n) is 2.54. The van der Waals surface area contributed by atoms with Crippen molar-refractivity contribution in [3.8, 4) is 0 Å². The van der Waals surface area contributed by atoms with Gasteiger partial charge in [0.15, 0.2) is 5.96 Å². The normalized spacial score (nSPS) is 13.3. The van der Waals surface area contributed by atoms with Crippen LogP contribution in [0.15, 0.2) is 52.1 Å². The van der Waals surface area contributed by atoms with Crippen LogP contribution in [0.1, 0.15) is 31.2 Å². The van der Waals surface area contributed by atoms with Gasteiger partial charge in [0.25, 0.3) is 0 Å². The van der Waals surface area contributed by atoms with Crippen molar-refractivity contribution < 1.29 is 4.42 Å². The topological polar surface area (TPSA) is 66.8 Å². The average molecular weight is 314 g/mol. The first-order valence-electron chi connectivity index (χ1n) is 8.05. The number of hydrogen-bond acceptors (Lipinski definition) is 3. The van der Waals surface area contributed by atoms with E-state index in [0.29, 0.717) is 12.5 Å². The van der Waals surface area contributed by atoms with Crippen molar-refractivity contribution in [3.63, 3.8) is 0 Å². The molecule has 0 bridgehead atoms. The van der Waals surface area contributed by atoms with E-state index in [-0.39, 0.29) is 6.04 Å². The highest BCUT2D eigenvalue weighted by Gasteiger charge is 2.20. The minimum absolute atomic E-state index is 0.0957. The van der Waals surface area contributed by atoms with Gasteiger partial charge in [-0.25, -0.2) is 0 Å². The smallest absolute Gasteiger partial charge is 0.193 e. The molecule has 23 heavy (non-hydrogen) atoms. The molecular formula is C18H26N4O. The number of rotatable bonds is 7. The molecule has 0 saturated heterocycles. The number of hydrogen-bond donors (Lipinski definition) is 2. The number of furan rings is 1. The van der Waals surface area contributed by atoms with E-state index < -0.39 is 0 Å². The molecule has 1 aromatic heterocycles. The van der Waals surface area contributed by atoms with Crippen molar-refractivity contribution in [1.29, 1.82) is 0 Å². The zero-order valence-electron chi connectivity index (χ0n) is 14.1. The largest absolute Gasteiger partial charge is 0.468 e. The maximum Gasteiger partial charge on any atom is 0.193 e. The second-order valence-electron chi connectivity index (χ2n) is 5.47. The van der Waals surface area contributed by atoms with Crippen LogP contribution in [0.5, 0.6) is 0 Å². The summed E-state index contributed by atoms with van der Waals surface area (Å²) in [5, 5.41) is 3.12. The summed E-state index contributed by atoms with van der Waals surface area (Å²) in [6, 6.07) is 12.1. The molecule has 3 N–H and O–H groups in total. The molecule has 2 aromatic rings. The van der Waals surface area contributed by atoms with Crippen LogP contribution in [0.25, 0.3) is 0 Å². The van der Waals surface area contributed by atoms with Gasteiger partial charge in [-0.15, -0.1) is 0 Å². The highest BCUT2D eigenvalue weighted by Crippen LogP contribution is 2.21. The van der Waals surface area contributed by atoms with Crippen LogP contribution in [-0.4, -0.2) is 30.5 Å². The fourth-order valence-corrected chi connectivity index (χ4v) is 2.54. The number of benzene rings is 1. The fraction of sp³-hybridized carbons (Fsp3) is 0.389. The van der Waals surface area contributed by atoms with E-state index in [1.165, 1.54) is 5.56 Å². The van der Waals surface area contributed by atoms with Gasteiger partial charge in [-0.2, -0.15) is 0 Å². The number of guanidine groups is 1. The second kappa shape index (κ2) is 8.39. The van der Waals surface area contributed by atoms with Crippen molar-refractivity contribution in [3.05, 3.63) is 54.0 Å². The number of nitrogens with zero attached hydrogens (tertiary/aromatic N) is 2. The minimum atomic E-state index is 0.0957. The third kappa shape index (κ3) is 4.86. The second-order valence-corrected chi connectivity index (χ2v) is 5.47. The Kier molecular flexibility index (Phi) is 6.23. The van der Waals surface area contributed by atoms with Crippen molar-refractivity contribution in [2.45, 2.75) is 26.8 Å². The summed E-state index contributed by atoms with van der Waals surface area (Å²) in [4.78, 5) is 6.80. The molecule has 5 nitrogen and oxygen atoms in total. The summed E-state index contributed by atoms with van der Waals surface area (Å²) < 4.78 is 5.57. The van der Waals surface area contributed by atoms with Gasteiger partial charge in [0.1, 0.15) is 5.76 Å².